The summed E-state index contributed by atoms with van der Waals surface area (Å²) in [4.78, 5) is 4.28. The van der Waals surface area contributed by atoms with Crippen molar-refractivity contribution in [1.82, 2.24) is 10.5 Å². The van der Waals surface area contributed by atoms with Crippen molar-refractivity contribution in [2.24, 2.45) is 4.99 Å². The molecule has 0 fully saturated rings. The van der Waals surface area contributed by atoms with Crippen LogP contribution in [0.3, 0.4) is 0 Å². The Morgan fingerprint density at radius 3 is 2.65 bits per heavy atom. The quantitative estimate of drug-likeness (QED) is 0.581. The lowest BCUT2D eigenvalue weighted by Gasteiger charge is -2.17. The monoisotopic (exact) mass is 360 g/mol. The van der Waals surface area contributed by atoms with Gasteiger partial charge in [0, 0.05) is 36.8 Å². The van der Waals surface area contributed by atoms with Gasteiger partial charge in [-0.15, -0.1) is 0 Å². The fourth-order valence-corrected chi connectivity index (χ4v) is 2.88. The maximum absolute atomic E-state index is 5.61. The highest BCUT2D eigenvalue weighted by molar-refractivity contribution is 5.93. The highest BCUT2D eigenvalue weighted by Crippen LogP contribution is 2.30. The van der Waals surface area contributed by atoms with Crippen molar-refractivity contribution in [1.29, 1.82) is 0 Å². The van der Waals surface area contributed by atoms with Crippen LogP contribution in [0.5, 0.6) is 11.5 Å². The predicted octanol–water partition coefficient (Wildman–Crippen LogP) is 3.49. The molecule has 0 bridgehead atoms. The molecule has 0 aliphatic heterocycles. The first-order valence-electron chi connectivity index (χ1n) is 8.71. The number of benzene rings is 1. The van der Waals surface area contributed by atoms with Crippen molar-refractivity contribution in [2.45, 2.75) is 33.6 Å². The van der Waals surface area contributed by atoms with Gasteiger partial charge in [0.1, 0.15) is 5.76 Å². The van der Waals surface area contributed by atoms with Crippen LogP contribution in [0.4, 0.5) is 5.69 Å². The van der Waals surface area contributed by atoms with Crippen LogP contribution in [-0.2, 0) is 0 Å². The van der Waals surface area contributed by atoms with E-state index in [2.05, 4.69) is 27.7 Å². The number of methoxy groups -OCH3 is 1. The van der Waals surface area contributed by atoms with E-state index in [1.54, 1.807) is 14.2 Å². The topological polar surface area (TPSA) is 80.9 Å². The van der Waals surface area contributed by atoms with Gasteiger partial charge in [0.05, 0.1) is 19.4 Å². The zero-order valence-electron chi connectivity index (χ0n) is 16.3. The lowest BCUT2D eigenvalue weighted by atomic mass is 10.00. The van der Waals surface area contributed by atoms with Crippen LogP contribution in [0.2, 0.25) is 0 Å². The molecule has 0 spiro atoms. The van der Waals surface area contributed by atoms with E-state index in [9.17, 15) is 0 Å². The van der Waals surface area contributed by atoms with Crippen LogP contribution in [0, 0.1) is 13.8 Å². The number of guanidine groups is 1. The van der Waals surface area contributed by atoms with Gasteiger partial charge in [0.15, 0.2) is 17.5 Å². The largest absolute Gasteiger partial charge is 0.493 e. The lowest BCUT2D eigenvalue weighted by molar-refractivity contribution is 0.311. The number of ether oxygens (including phenoxy) is 2. The minimum absolute atomic E-state index is 0.245. The third-order valence-electron chi connectivity index (χ3n) is 4.11. The molecule has 0 aliphatic carbocycles. The predicted molar refractivity (Wildman–Crippen MR) is 104 cm³/mol. The summed E-state index contributed by atoms with van der Waals surface area (Å²) in [6.07, 6.45) is 0. The summed E-state index contributed by atoms with van der Waals surface area (Å²) >= 11 is 0. The van der Waals surface area contributed by atoms with E-state index < -0.39 is 0 Å². The number of hydrogen-bond donors (Lipinski definition) is 2. The van der Waals surface area contributed by atoms with E-state index in [1.807, 2.05) is 39.0 Å². The molecule has 0 radical (unpaired) electrons. The fraction of sp³-hybridized carbons (Fsp3) is 0.474. The van der Waals surface area contributed by atoms with E-state index in [-0.39, 0.29) is 5.92 Å². The summed E-state index contributed by atoms with van der Waals surface area (Å²) in [5.41, 5.74) is 2.93. The van der Waals surface area contributed by atoms with E-state index in [0.29, 0.717) is 30.6 Å². The first-order valence-corrected chi connectivity index (χ1v) is 8.71. The molecule has 26 heavy (non-hydrogen) atoms. The average Bonchev–Trinajstić information content (AvgIpc) is 2.97. The van der Waals surface area contributed by atoms with Gasteiger partial charge in [-0.1, -0.05) is 12.1 Å². The van der Waals surface area contributed by atoms with Gasteiger partial charge in [-0.3, -0.25) is 4.99 Å². The summed E-state index contributed by atoms with van der Waals surface area (Å²) in [5.74, 6) is 3.18. The van der Waals surface area contributed by atoms with Crippen molar-refractivity contribution in [3.63, 3.8) is 0 Å². The minimum atomic E-state index is 0.245. The summed E-state index contributed by atoms with van der Waals surface area (Å²) < 4.78 is 16.2. The van der Waals surface area contributed by atoms with Gasteiger partial charge in [0.2, 0.25) is 0 Å². The van der Waals surface area contributed by atoms with Gasteiger partial charge < -0.3 is 24.6 Å². The molecule has 0 saturated carbocycles. The summed E-state index contributed by atoms with van der Waals surface area (Å²) in [7, 11) is 3.37. The molecule has 0 aliphatic rings. The molecule has 7 heteroatoms. The molecule has 0 amide bonds. The smallest absolute Gasteiger partial charge is 0.195 e. The second kappa shape index (κ2) is 9.12. The van der Waals surface area contributed by atoms with Crippen molar-refractivity contribution < 1.29 is 14.0 Å². The molecule has 2 rings (SSSR count). The van der Waals surface area contributed by atoms with Gasteiger partial charge in [-0.05, 0) is 32.9 Å². The zero-order chi connectivity index (χ0) is 19.1. The SMILES string of the molecule is CCOc1cc(NC(=NC)NCC(C)c2c(C)noc2C)ccc1OC. The van der Waals surface area contributed by atoms with Crippen LogP contribution < -0.4 is 20.1 Å². The third-order valence-corrected chi connectivity index (χ3v) is 4.11. The molecule has 1 aromatic carbocycles. The van der Waals surface area contributed by atoms with Crippen LogP contribution in [-0.4, -0.2) is 38.4 Å². The molecular weight excluding hydrogens is 332 g/mol. The van der Waals surface area contributed by atoms with Crippen LogP contribution in [0.25, 0.3) is 0 Å². The van der Waals surface area contributed by atoms with Crippen molar-refractivity contribution >= 4 is 11.6 Å². The number of rotatable bonds is 7. The molecule has 1 atom stereocenters. The van der Waals surface area contributed by atoms with Crippen molar-refractivity contribution in [3.8, 4) is 11.5 Å². The molecule has 2 aromatic rings. The molecular formula is C19H28N4O3. The number of anilines is 1. The molecule has 1 unspecified atom stereocenters. The number of aromatic nitrogens is 1. The summed E-state index contributed by atoms with van der Waals surface area (Å²) in [6.45, 7) is 9.25. The molecule has 0 saturated heterocycles. The zero-order valence-corrected chi connectivity index (χ0v) is 16.3. The van der Waals surface area contributed by atoms with E-state index in [0.717, 1.165) is 22.7 Å². The van der Waals surface area contributed by atoms with Crippen molar-refractivity contribution in [3.05, 3.63) is 35.2 Å². The Labute approximate surface area is 154 Å². The first-order chi connectivity index (χ1) is 12.5. The Kier molecular flexibility index (Phi) is 6.89. The molecule has 1 aromatic heterocycles. The second-order valence-electron chi connectivity index (χ2n) is 6.02. The van der Waals surface area contributed by atoms with Gasteiger partial charge in [-0.2, -0.15) is 0 Å². The Hall–Kier alpha value is -2.70. The average molecular weight is 360 g/mol. The van der Waals surface area contributed by atoms with E-state index >= 15 is 0 Å². The Morgan fingerprint density at radius 1 is 1.31 bits per heavy atom. The molecule has 2 N–H and O–H groups in total. The van der Waals surface area contributed by atoms with Crippen LogP contribution in [0.15, 0.2) is 27.7 Å². The highest BCUT2D eigenvalue weighted by atomic mass is 16.5. The summed E-state index contributed by atoms with van der Waals surface area (Å²) in [6, 6.07) is 5.69. The molecule has 7 nitrogen and oxygen atoms in total. The maximum atomic E-state index is 5.61. The van der Waals surface area contributed by atoms with Crippen LogP contribution in [0.1, 0.15) is 36.8 Å². The first kappa shape index (κ1) is 19.6. The van der Waals surface area contributed by atoms with Gasteiger partial charge >= 0.3 is 0 Å². The number of hydrogen-bond acceptors (Lipinski definition) is 5. The lowest BCUT2D eigenvalue weighted by Crippen LogP contribution is -2.33. The van der Waals surface area contributed by atoms with Crippen molar-refractivity contribution in [2.75, 3.05) is 32.6 Å². The Morgan fingerprint density at radius 2 is 2.08 bits per heavy atom. The number of aryl methyl sites for hydroxylation is 2. The fourth-order valence-electron chi connectivity index (χ4n) is 2.88. The maximum Gasteiger partial charge on any atom is 0.195 e. The Bertz CT molecular complexity index is 736. The standard InChI is InChI=1S/C19H28N4O3/c1-7-25-17-10-15(8-9-16(17)24-6)22-19(20-5)21-11-12(2)18-13(3)23-26-14(18)4/h8-10,12H,7,11H2,1-6H3,(H2,20,21,22). The molecule has 1 heterocycles. The van der Waals surface area contributed by atoms with Gasteiger partial charge in [0.25, 0.3) is 0 Å². The molecule has 142 valence electrons. The number of aliphatic imine (C=N–C) groups is 1. The van der Waals surface area contributed by atoms with E-state index in [4.69, 9.17) is 14.0 Å². The minimum Gasteiger partial charge on any atom is -0.493 e. The summed E-state index contributed by atoms with van der Waals surface area (Å²) in [5, 5.41) is 10.6. The normalized spacial score (nSPS) is 12.6. The highest BCUT2D eigenvalue weighted by Gasteiger charge is 2.16. The van der Waals surface area contributed by atoms with Crippen LogP contribution >= 0.6 is 0 Å². The van der Waals surface area contributed by atoms with Gasteiger partial charge in [-0.25, -0.2) is 0 Å². The number of nitrogens with one attached hydrogen (secondary N) is 2. The third kappa shape index (κ3) is 4.68. The Balaban J connectivity index is 2.02. The number of nitrogens with zero attached hydrogens (tertiary/aromatic N) is 2. The second-order valence-corrected chi connectivity index (χ2v) is 6.02. The van der Waals surface area contributed by atoms with E-state index in [1.165, 1.54) is 0 Å².